The van der Waals surface area contributed by atoms with Crippen molar-refractivity contribution in [3.05, 3.63) is 0 Å². The highest BCUT2D eigenvalue weighted by Gasteiger charge is 2.15. The van der Waals surface area contributed by atoms with Gasteiger partial charge in [-0.25, -0.2) is 4.79 Å². The fraction of sp³-hybridized carbons (Fsp3) is 0.903. The molecule has 1 amide bonds. The van der Waals surface area contributed by atoms with Gasteiger partial charge >= 0.3 is 18.0 Å². The molecule has 0 bridgehead atoms. The lowest BCUT2D eigenvalue weighted by Crippen LogP contribution is -2.37. The predicted octanol–water partition coefficient (Wildman–Crippen LogP) is 8.60. The first-order chi connectivity index (χ1) is 18.8. The monoisotopic (exact) mass is 558 g/mol. The number of nitrogens with two attached hydrogens (primary N) is 1. The predicted molar refractivity (Wildman–Crippen MR) is 159 cm³/mol. The van der Waals surface area contributed by atoms with E-state index in [1.165, 1.54) is 70.6 Å². The maximum atomic E-state index is 11.6. The largest absolute Gasteiger partial charge is 0.465 e. The van der Waals surface area contributed by atoms with E-state index < -0.39 is 18.5 Å². The van der Waals surface area contributed by atoms with E-state index in [9.17, 15) is 14.4 Å². The van der Waals surface area contributed by atoms with Gasteiger partial charge in [-0.05, 0) is 19.3 Å². The van der Waals surface area contributed by atoms with Gasteiger partial charge in [0, 0.05) is 19.3 Å². The van der Waals surface area contributed by atoms with Crippen LogP contribution >= 0.6 is 0 Å². The number of carboxylic acid groups (broad SMARTS) is 1. The standard InChI is InChI=1S/C16H31NO4.C15H31NO2/c1-3-5-6-7-8-9-10-11-13-15(18)21-14(12-4-2)17-16(19)20;1-3-5-6-7-8-9-10-11-13-15(17)18-14(16)12-4-2/h14,17H,3-13H2,1-2H3,(H,19,20);14H,3-13,16H2,1-2H3. The lowest BCUT2D eigenvalue weighted by molar-refractivity contribution is -0.151. The number of rotatable bonds is 25. The molecular weight excluding hydrogens is 496 g/mol. The quantitative estimate of drug-likeness (QED) is 0.0581. The van der Waals surface area contributed by atoms with Crippen LogP contribution in [0.15, 0.2) is 0 Å². The highest BCUT2D eigenvalue weighted by Crippen LogP contribution is 2.12. The van der Waals surface area contributed by atoms with E-state index in [1.807, 2.05) is 13.8 Å². The van der Waals surface area contributed by atoms with Crippen molar-refractivity contribution in [1.82, 2.24) is 5.32 Å². The molecule has 0 saturated heterocycles. The average Bonchev–Trinajstić information content (AvgIpc) is 2.87. The third kappa shape index (κ3) is 32.3. The number of hydrogen-bond donors (Lipinski definition) is 3. The molecule has 0 aromatic heterocycles. The van der Waals surface area contributed by atoms with Crippen molar-refractivity contribution in [2.24, 2.45) is 5.73 Å². The summed E-state index contributed by atoms with van der Waals surface area (Å²) in [4.78, 5) is 33.6. The number of unbranched alkanes of at least 4 members (excludes halogenated alkanes) is 14. The van der Waals surface area contributed by atoms with E-state index in [-0.39, 0.29) is 11.9 Å². The summed E-state index contributed by atoms with van der Waals surface area (Å²) in [5.74, 6) is -0.449. The molecule has 0 saturated carbocycles. The summed E-state index contributed by atoms with van der Waals surface area (Å²) in [6.45, 7) is 8.39. The minimum absolute atomic E-state index is 0.137. The maximum Gasteiger partial charge on any atom is 0.407 e. The summed E-state index contributed by atoms with van der Waals surface area (Å²) in [6, 6.07) is 0. The summed E-state index contributed by atoms with van der Waals surface area (Å²) < 4.78 is 10.2. The molecule has 39 heavy (non-hydrogen) atoms. The van der Waals surface area contributed by atoms with Crippen LogP contribution in [-0.4, -0.2) is 35.6 Å². The fourth-order valence-corrected chi connectivity index (χ4v) is 4.16. The zero-order valence-corrected chi connectivity index (χ0v) is 25.8. The summed E-state index contributed by atoms with van der Waals surface area (Å²) in [7, 11) is 0. The minimum Gasteiger partial charge on any atom is -0.465 e. The molecule has 0 fully saturated rings. The molecule has 0 aromatic carbocycles. The number of amides is 1. The first kappa shape index (κ1) is 39.3. The molecule has 232 valence electrons. The van der Waals surface area contributed by atoms with Crippen LogP contribution in [0.4, 0.5) is 4.79 Å². The molecule has 4 N–H and O–H groups in total. The van der Waals surface area contributed by atoms with Crippen LogP contribution in [0.5, 0.6) is 0 Å². The van der Waals surface area contributed by atoms with Crippen LogP contribution < -0.4 is 11.1 Å². The third-order valence-corrected chi connectivity index (χ3v) is 6.43. The van der Waals surface area contributed by atoms with E-state index in [0.717, 1.165) is 51.4 Å². The van der Waals surface area contributed by atoms with Crippen molar-refractivity contribution in [2.45, 2.75) is 181 Å². The molecule has 8 nitrogen and oxygen atoms in total. The Balaban J connectivity index is 0. The number of esters is 2. The molecule has 0 aliphatic heterocycles. The minimum atomic E-state index is -1.16. The second-order valence-corrected chi connectivity index (χ2v) is 10.5. The van der Waals surface area contributed by atoms with E-state index in [0.29, 0.717) is 19.3 Å². The molecule has 8 heteroatoms. The van der Waals surface area contributed by atoms with Gasteiger partial charge in [0.15, 0.2) is 12.5 Å². The third-order valence-electron chi connectivity index (χ3n) is 6.43. The fourth-order valence-electron chi connectivity index (χ4n) is 4.16. The molecule has 0 heterocycles. The van der Waals surface area contributed by atoms with Gasteiger partial charge in [0.05, 0.1) is 0 Å². The molecule has 2 unspecified atom stereocenters. The van der Waals surface area contributed by atoms with Gasteiger partial charge in [0.25, 0.3) is 0 Å². The van der Waals surface area contributed by atoms with Crippen molar-refractivity contribution in [2.75, 3.05) is 0 Å². The SMILES string of the molecule is CCCCCCCCCCC(=O)OC(CCC)NC(=O)O.CCCCCCCCCCC(=O)OC(N)CCC. The normalized spacial score (nSPS) is 12.1. The zero-order chi connectivity index (χ0) is 29.6. The van der Waals surface area contributed by atoms with Crippen molar-refractivity contribution in [1.29, 1.82) is 0 Å². The lowest BCUT2D eigenvalue weighted by Gasteiger charge is -2.16. The van der Waals surface area contributed by atoms with Gasteiger partial charge in [-0.15, -0.1) is 0 Å². The molecule has 0 radical (unpaired) electrons. The van der Waals surface area contributed by atoms with Crippen LogP contribution in [0.1, 0.15) is 169 Å². The van der Waals surface area contributed by atoms with E-state index in [1.54, 1.807) is 0 Å². The molecule has 0 aromatic rings. The second-order valence-electron chi connectivity index (χ2n) is 10.5. The summed E-state index contributed by atoms with van der Waals surface area (Å²) in [6.07, 6.45) is 20.9. The Labute approximate surface area is 239 Å². The first-order valence-electron chi connectivity index (χ1n) is 15.9. The van der Waals surface area contributed by atoms with E-state index in [2.05, 4.69) is 19.2 Å². The number of hydrogen-bond acceptors (Lipinski definition) is 6. The van der Waals surface area contributed by atoms with Crippen molar-refractivity contribution in [3.8, 4) is 0 Å². The van der Waals surface area contributed by atoms with Gasteiger partial charge in [-0.3, -0.25) is 20.6 Å². The number of carbonyl (C=O) groups excluding carboxylic acids is 2. The molecule has 0 aliphatic carbocycles. The zero-order valence-electron chi connectivity index (χ0n) is 25.8. The Morgan fingerprint density at radius 3 is 1.36 bits per heavy atom. The Kier molecular flexibility index (Phi) is 31.0. The Bertz CT molecular complexity index is 573. The lowest BCUT2D eigenvalue weighted by atomic mass is 10.1. The Morgan fingerprint density at radius 2 is 0.974 bits per heavy atom. The van der Waals surface area contributed by atoms with Crippen LogP contribution in [-0.2, 0) is 19.1 Å². The highest BCUT2D eigenvalue weighted by molar-refractivity contribution is 5.70. The van der Waals surface area contributed by atoms with Gasteiger partial charge in [-0.1, -0.05) is 130 Å². The van der Waals surface area contributed by atoms with Gasteiger partial charge in [0.2, 0.25) is 0 Å². The van der Waals surface area contributed by atoms with Crippen LogP contribution in [0.3, 0.4) is 0 Å². The molecule has 2 atom stereocenters. The Morgan fingerprint density at radius 1 is 0.590 bits per heavy atom. The van der Waals surface area contributed by atoms with Crippen LogP contribution in [0.25, 0.3) is 0 Å². The molecule has 0 rings (SSSR count). The van der Waals surface area contributed by atoms with Gasteiger partial charge < -0.3 is 14.6 Å². The average molecular weight is 559 g/mol. The maximum absolute atomic E-state index is 11.6. The number of nitrogens with one attached hydrogen (secondary N) is 1. The second kappa shape index (κ2) is 30.7. The van der Waals surface area contributed by atoms with Crippen molar-refractivity contribution >= 4 is 18.0 Å². The topological polar surface area (TPSA) is 128 Å². The molecule has 0 spiro atoms. The van der Waals surface area contributed by atoms with E-state index in [4.69, 9.17) is 20.3 Å². The van der Waals surface area contributed by atoms with Gasteiger partial charge in [0.1, 0.15) is 0 Å². The summed E-state index contributed by atoms with van der Waals surface area (Å²) in [5, 5.41) is 10.9. The highest BCUT2D eigenvalue weighted by atomic mass is 16.6. The Hall–Kier alpha value is -1.83. The summed E-state index contributed by atoms with van der Waals surface area (Å²) >= 11 is 0. The first-order valence-corrected chi connectivity index (χ1v) is 15.9. The van der Waals surface area contributed by atoms with E-state index >= 15 is 0 Å². The summed E-state index contributed by atoms with van der Waals surface area (Å²) in [5.41, 5.74) is 5.64. The molecule has 0 aliphatic rings. The molecular formula is C31H62N2O6. The number of ether oxygens (including phenoxy) is 2. The van der Waals surface area contributed by atoms with Crippen molar-refractivity contribution < 1.29 is 29.0 Å². The van der Waals surface area contributed by atoms with Crippen LogP contribution in [0.2, 0.25) is 0 Å². The van der Waals surface area contributed by atoms with Gasteiger partial charge in [-0.2, -0.15) is 0 Å². The van der Waals surface area contributed by atoms with Crippen molar-refractivity contribution in [3.63, 3.8) is 0 Å². The van der Waals surface area contributed by atoms with Crippen LogP contribution in [0, 0.1) is 0 Å². The number of carbonyl (C=O) groups is 3. The smallest absolute Gasteiger partial charge is 0.407 e.